The number of hydrogen-bond acceptors (Lipinski definition) is 6. The number of rotatable bonds is 6. The molecule has 8 nitrogen and oxygen atoms in total. The molecule has 0 atom stereocenters. The molecule has 0 bridgehead atoms. The monoisotopic (exact) mass is 376 g/mol. The molecule has 2 rings (SSSR count). The Kier molecular flexibility index (Phi) is 6.13. The summed E-state index contributed by atoms with van der Waals surface area (Å²) in [5.41, 5.74) is 3.29. The molecule has 0 saturated heterocycles. The second-order valence-electron chi connectivity index (χ2n) is 5.45. The van der Waals surface area contributed by atoms with Gasteiger partial charge in [0.2, 0.25) is 0 Å². The molecule has 0 saturated carbocycles. The number of ether oxygens (including phenoxy) is 1. The third-order valence-electron chi connectivity index (χ3n) is 3.35. The van der Waals surface area contributed by atoms with E-state index in [2.05, 4.69) is 10.5 Å². The van der Waals surface area contributed by atoms with Gasteiger partial charge in [-0.25, -0.2) is 5.43 Å². The molecular weight excluding hydrogens is 362 g/mol. The average Bonchev–Trinajstić information content (AvgIpc) is 2.58. The van der Waals surface area contributed by atoms with E-state index in [-0.39, 0.29) is 17.2 Å². The van der Waals surface area contributed by atoms with E-state index in [0.29, 0.717) is 5.75 Å². The van der Waals surface area contributed by atoms with Crippen molar-refractivity contribution in [2.75, 3.05) is 6.61 Å². The van der Waals surface area contributed by atoms with Crippen LogP contribution in [0.5, 0.6) is 11.5 Å². The zero-order valence-corrected chi connectivity index (χ0v) is 14.7. The first-order valence-corrected chi connectivity index (χ1v) is 7.82. The summed E-state index contributed by atoms with van der Waals surface area (Å²) in [5, 5.41) is 26.3. The molecule has 9 heteroatoms. The van der Waals surface area contributed by atoms with E-state index in [0.717, 1.165) is 23.4 Å². The summed E-state index contributed by atoms with van der Waals surface area (Å²) in [7, 11) is 0. The Morgan fingerprint density at radius 3 is 2.77 bits per heavy atom. The SMILES string of the molecule is Cc1ccc(C)c(OCC(=O)N/N=C/c2cc(Cl)cc([N+](=O)[O-])c2[O-])c1. The number of nitro benzene ring substituents is 1. The molecule has 26 heavy (non-hydrogen) atoms. The van der Waals surface area contributed by atoms with Crippen molar-refractivity contribution in [1.29, 1.82) is 0 Å². The van der Waals surface area contributed by atoms with Gasteiger partial charge in [0.1, 0.15) is 5.75 Å². The standard InChI is InChI=1S/C17H16ClN3O5/c1-10-3-4-11(2)15(5-10)26-9-16(22)20-19-8-12-6-13(18)7-14(17(12)23)21(24)25/h3-8,23H,9H2,1-2H3,(H,20,22)/p-1/b19-8+. The Labute approximate surface area is 154 Å². The van der Waals surface area contributed by atoms with Crippen molar-refractivity contribution in [3.05, 3.63) is 62.2 Å². The Hall–Kier alpha value is -3.13. The second kappa shape index (κ2) is 8.30. The molecule has 0 radical (unpaired) electrons. The predicted octanol–water partition coefficient (Wildman–Crippen LogP) is 2.47. The number of aryl methyl sites for hydroxylation is 2. The zero-order valence-electron chi connectivity index (χ0n) is 14.0. The molecule has 2 aromatic rings. The molecule has 0 unspecified atom stereocenters. The fraction of sp³-hybridized carbons (Fsp3) is 0.176. The van der Waals surface area contributed by atoms with Crippen LogP contribution in [-0.2, 0) is 4.79 Å². The highest BCUT2D eigenvalue weighted by molar-refractivity contribution is 6.31. The fourth-order valence-electron chi connectivity index (χ4n) is 2.04. The van der Waals surface area contributed by atoms with Crippen LogP contribution in [0.1, 0.15) is 16.7 Å². The molecule has 0 spiro atoms. The normalized spacial score (nSPS) is 10.7. The molecule has 0 aliphatic rings. The maximum atomic E-state index is 11.9. The lowest BCUT2D eigenvalue weighted by molar-refractivity contribution is -0.398. The third kappa shape index (κ3) is 4.93. The number of carbonyl (C=O) groups excluding carboxylic acids is 1. The van der Waals surface area contributed by atoms with Gasteiger partial charge in [0.05, 0.1) is 11.1 Å². The van der Waals surface area contributed by atoms with Crippen LogP contribution in [0.25, 0.3) is 0 Å². The highest BCUT2D eigenvalue weighted by Gasteiger charge is 2.11. The lowest BCUT2D eigenvalue weighted by Gasteiger charge is -2.11. The number of amides is 1. The first kappa shape index (κ1) is 19.2. The van der Waals surface area contributed by atoms with Crippen LogP contribution >= 0.6 is 11.6 Å². The summed E-state index contributed by atoms with van der Waals surface area (Å²) in [6, 6.07) is 7.79. The van der Waals surface area contributed by atoms with Crippen LogP contribution in [0.3, 0.4) is 0 Å². The lowest BCUT2D eigenvalue weighted by Crippen LogP contribution is -2.24. The van der Waals surface area contributed by atoms with E-state index >= 15 is 0 Å². The van der Waals surface area contributed by atoms with E-state index in [1.54, 1.807) is 6.07 Å². The maximum Gasteiger partial charge on any atom is 0.277 e. The Morgan fingerprint density at radius 2 is 2.08 bits per heavy atom. The summed E-state index contributed by atoms with van der Waals surface area (Å²) >= 11 is 5.74. The number of halogens is 1. The highest BCUT2D eigenvalue weighted by Crippen LogP contribution is 2.29. The number of nitrogens with one attached hydrogen (secondary N) is 1. The van der Waals surface area contributed by atoms with Crippen LogP contribution < -0.4 is 15.3 Å². The summed E-state index contributed by atoms with van der Waals surface area (Å²) in [6.45, 7) is 3.48. The van der Waals surface area contributed by atoms with Crippen LogP contribution in [0.4, 0.5) is 5.69 Å². The van der Waals surface area contributed by atoms with E-state index < -0.39 is 22.3 Å². The van der Waals surface area contributed by atoms with E-state index in [9.17, 15) is 20.0 Å². The Balaban J connectivity index is 1.99. The van der Waals surface area contributed by atoms with Crippen molar-refractivity contribution in [3.63, 3.8) is 0 Å². The van der Waals surface area contributed by atoms with Gasteiger partial charge >= 0.3 is 0 Å². The predicted molar refractivity (Wildman–Crippen MR) is 94.7 cm³/mol. The number of nitro groups is 1. The quantitative estimate of drug-likeness (QED) is 0.472. The number of hydrogen-bond donors (Lipinski definition) is 1. The van der Waals surface area contributed by atoms with Crippen molar-refractivity contribution in [2.45, 2.75) is 13.8 Å². The van der Waals surface area contributed by atoms with Gasteiger partial charge in [-0.2, -0.15) is 5.10 Å². The highest BCUT2D eigenvalue weighted by atomic mass is 35.5. The van der Waals surface area contributed by atoms with E-state index in [1.165, 1.54) is 6.07 Å². The van der Waals surface area contributed by atoms with Gasteiger partial charge in [0.25, 0.3) is 11.6 Å². The number of hydrazone groups is 1. The van der Waals surface area contributed by atoms with Gasteiger partial charge in [0, 0.05) is 11.1 Å². The number of benzene rings is 2. The summed E-state index contributed by atoms with van der Waals surface area (Å²) in [6.07, 6.45) is 0.997. The lowest BCUT2D eigenvalue weighted by atomic mass is 10.1. The average molecular weight is 377 g/mol. The maximum absolute atomic E-state index is 11.9. The van der Waals surface area contributed by atoms with Crippen LogP contribution in [0.2, 0.25) is 5.02 Å². The van der Waals surface area contributed by atoms with Crippen LogP contribution in [-0.4, -0.2) is 23.7 Å². The Bertz CT molecular complexity index is 883. The van der Waals surface area contributed by atoms with Gasteiger partial charge in [-0.3, -0.25) is 14.9 Å². The van der Waals surface area contributed by atoms with Crippen molar-refractivity contribution >= 4 is 29.4 Å². The van der Waals surface area contributed by atoms with Crippen molar-refractivity contribution in [1.82, 2.24) is 5.43 Å². The zero-order chi connectivity index (χ0) is 19.3. The molecule has 0 heterocycles. The second-order valence-corrected chi connectivity index (χ2v) is 5.89. The largest absolute Gasteiger partial charge is 0.867 e. The molecule has 0 aliphatic heterocycles. The van der Waals surface area contributed by atoms with Gasteiger partial charge in [-0.05, 0) is 48.4 Å². The summed E-state index contributed by atoms with van der Waals surface area (Å²) in [5.74, 6) is -0.813. The number of carbonyl (C=O) groups is 1. The molecule has 0 aliphatic carbocycles. The van der Waals surface area contributed by atoms with Gasteiger partial charge < -0.3 is 9.84 Å². The minimum Gasteiger partial charge on any atom is -0.867 e. The molecule has 2 aromatic carbocycles. The first-order valence-electron chi connectivity index (χ1n) is 7.45. The van der Waals surface area contributed by atoms with Crippen molar-refractivity contribution in [3.8, 4) is 11.5 Å². The molecule has 1 N–H and O–H groups in total. The van der Waals surface area contributed by atoms with E-state index in [1.807, 2.05) is 26.0 Å². The molecule has 0 aromatic heterocycles. The minimum absolute atomic E-state index is 0.0160. The molecule has 136 valence electrons. The minimum atomic E-state index is -0.843. The smallest absolute Gasteiger partial charge is 0.277 e. The van der Waals surface area contributed by atoms with Gasteiger partial charge in [0.15, 0.2) is 6.61 Å². The Morgan fingerprint density at radius 1 is 1.35 bits per heavy atom. The van der Waals surface area contributed by atoms with Crippen molar-refractivity contribution < 1.29 is 19.6 Å². The third-order valence-corrected chi connectivity index (χ3v) is 3.57. The summed E-state index contributed by atoms with van der Waals surface area (Å²) in [4.78, 5) is 21.7. The molecule has 0 fully saturated rings. The van der Waals surface area contributed by atoms with Gasteiger partial charge in [-0.1, -0.05) is 23.7 Å². The van der Waals surface area contributed by atoms with E-state index in [4.69, 9.17) is 16.3 Å². The van der Waals surface area contributed by atoms with Crippen molar-refractivity contribution in [2.24, 2.45) is 5.10 Å². The van der Waals surface area contributed by atoms with Gasteiger partial charge in [-0.15, -0.1) is 0 Å². The molecular formula is C17H15ClN3O5-. The summed E-state index contributed by atoms with van der Waals surface area (Å²) < 4.78 is 5.42. The van der Waals surface area contributed by atoms with Crippen LogP contribution in [0.15, 0.2) is 35.4 Å². The first-order chi connectivity index (χ1) is 12.3. The molecule has 1 amide bonds. The topological polar surface area (TPSA) is 117 Å². The van der Waals surface area contributed by atoms with Crippen LogP contribution in [0, 0.1) is 24.0 Å². The fourth-order valence-corrected chi connectivity index (χ4v) is 2.26. The number of nitrogens with zero attached hydrogens (tertiary/aromatic N) is 2.